The number of carbonyl (C=O) groups is 2. The van der Waals surface area contributed by atoms with Gasteiger partial charge in [-0.2, -0.15) is 0 Å². The quantitative estimate of drug-likeness (QED) is 0.671. The standard InChI is InChI=1S/C23H33NO4/c25-21(18-6-2-1-3-7-18)15-16-24-20(13-14-22(24)26)8-4-5-17-9-11-19(12-10-17)23(27)28/h9-12,18,20-21,25H,1-8,13-16H2,(H,27,28)/t20-,21-/m0/s1. The van der Waals surface area contributed by atoms with Gasteiger partial charge in [-0.3, -0.25) is 4.79 Å². The van der Waals surface area contributed by atoms with Gasteiger partial charge in [-0.25, -0.2) is 4.79 Å². The molecule has 1 saturated heterocycles. The molecule has 1 aromatic rings. The lowest BCUT2D eigenvalue weighted by molar-refractivity contribution is -0.129. The number of aromatic carboxylic acids is 1. The molecular formula is C23H33NO4. The maximum absolute atomic E-state index is 12.3. The number of rotatable bonds is 9. The molecule has 5 nitrogen and oxygen atoms in total. The van der Waals surface area contributed by atoms with Gasteiger partial charge in [-0.05, 0) is 68.6 Å². The lowest BCUT2D eigenvalue weighted by atomic mass is 9.84. The summed E-state index contributed by atoms with van der Waals surface area (Å²) in [6.45, 7) is 0.675. The maximum Gasteiger partial charge on any atom is 0.335 e. The van der Waals surface area contributed by atoms with Crippen LogP contribution in [0, 0.1) is 5.92 Å². The van der Waals surface area contributed by atoms with Crippen LogP contribution in [0.15, 0.2) is 24.3 Å². The molecule has 2 N–H and O–H groups in total. The number of carboxylic acid groups (broad SMARTS) is 1. The van der Waals surface area contributed by atoms with Crippen LogP contribution in [0.1, 0.15) is 80.1 Å². The number of aryl methyl sites for hydroxylation is 1. The summed E-state index contributed by atoms with van der Waals surface area (Å²) in [7, 11) is 0. The second-order valence-electron chi connectivity index (χ2n) is 8.43. The first-order valence-corrected chi connectivity index (χ1v) is 10.8. The number of aliphatic hydroxyl groups excluding tert-OH is 1. The summed E-state index contributed by atoms with van der Waals surface area (Å²) in [5, 5.41) is 19.5. The van der Waals surface area contributed by atoms with Crippen molar-refractivity contribution < 1.29 is 19.8 Å². The number of likely N-dealkylation sites (tertiary alicyclic amines) is 1. The monoisotopic (exact) mass is 387 g/mol. The Balaban J connectivity index is 1.43. The molecule has 1 aromatic carbocycles. The largest absolute Gasteiger partial charge is 0.478 e. The van der Waals surface area contributed by atoms with Gasteiger partial charge in [-0.15, -0.1) is 0 Å². The highest BCUT2D eigenvalue weighted by atomic mass is 16.4. The number of hydrogen-bond acceptors (Lipinski definition) is 3. The van der Waals surface area contributed by atoms with E-state index in [1.54, 1.807) is 12.1 Å². The summed E-state index contributed by atoms with van der Waals surface area (Å²) in [6, 6.07) is 7.33. The van der Waals surface area contributed by atoms with Crippen LogP contribution in [-0.2, 0) is 11.2 Å². The number of hydrogen-bond donors (Lipinski definition) is 2. The molecule has 1 aliphatic heterocycles. The lowest BCUT2D eigenvalue weighted by Gasteiger charge is -2.30. The van der Waals surface area contributed by atoms with Crippen molar-refractivity contribution in [3.63, 3.8) is 0 Å². The minimum absolute atomic E-state index is 0.228. The topological polar surface area (TPSA) is 77.8 Å². The zero-order valence-corrected chi connectivity index (χ0v) is 16.7. The number of carboxylic acids is 1. The molecule has 3 rings (SSSR count). The van der Waals surface area contributed by atoms with E-state index in [-0.39, 0.29) is 18.1 Å². The Hall–Kier alpha value is -1.88. The highest BCUT2D eigenvalue weighted by Crippen LogP contribution is 2.29. The first-order chi connectivity index (χ1) is 13.5. The van der Waals surface area contributed by atoms with Gasteiger partial charge in [0.1, 0.15) is 0 Å². The van der Waals surface area contributed by atoms with Crippen LogP contribution in [0.4, 0.5) is 0 Å². The van der Waals surface area contributed by atoms with Crippen LogP contribution < -0.4 is 0 Å². The average Bonchev–Trinajstić information content (AvgIpc) is 3.06. The second kappa shape index (κ2) is 10.1. The van der Waals surface area contributed by atoms with Crippen molar-refractivity contribution in [1.29, 1.82) is 0 Å². The van der Waals surface area contributed by atoms with Crippen molar-refractivity contribution in [2.24, 2.45) is 5.92 Å². The number of amides is 1. The van der Waals surface area contributed by atoms with Gasteiger partial charge < -0.3 is 15.1 Å². The smallest absolute Gasteiger partial charge is 0.335 e. The number of nitrogens with zero attached hydrogens (tertiary/aromatic N) is 1. The van der Waals surface area contributed by atoms with E-state index < -0.39 is 5.97 Å². The molecule has 1 heterocycles. The van der Waals surface area contributed by atoms with Gasteiger partial charge in [0, 0.05) is 19.0 Å². The third-order valence-electron chi connectivity index (χ3n) is 6.52. The Morgan fingerprint density at radius 3 is 2.50 bits per heavy atom. The van der Waals surface area contributed by atoms with Crippen LogP contribution in [0.5, 0.6) is 0 Å². The van der Waals surface area contributed by atoms with E-state index in [1.165, 1.54) is 19.3 Å². The zero-order valence-electron chi connectivity index (χ0n) is 16.7. The Labute approximate surface area is 167 Å². The molecule has 0 radical (unpaired) electrons. The molecule has 0 bridgehead atoms. The predicted molar refractivity (Wildman–Crippen MR) is 108 cm³/mol. The summed E-state index contributed by atoms with van der Waals surface area (Å²) in [6.07, 6.45) is 10.8. The molecule has 154 valence electrons. The normalized spacial score (nSPS) is 21.8. The van der Waals surface area contributed by atoms with Gasteiger partial charge in [0.2, 0.25) is 5.91 Å². The van der Waals surface area contributed by atoms with Gasteiger partial charge in [-0.1, -0.05) is 31.4 Å². The molecule has 1 aliphatic carbocycles. The Bertz CT molecular complexity index is 651. The fraction of sp³-hybridized carbons (Fsp3) is 0.652. The van der Waals surface area contributed by atoms with E-state index in [0.717, 1.165) is 44.1 Å². The first-order valence-electron chi connectivity index (χ1n) is 10.8. The first kappa shape index (κ1) is 20.8. The van der Waals surface area contributed by atoms with Gasteiger partial charge in [0.15, 0.2) is 0 Å². The summed E-state index contributed by atoms with van der Waals surface area (Å²) >= 11 is 0. The molecule has 1 saturated carbocycles. The number of aliphatic hydroxyl groups is 1. The van der Waals surface area contributed by atoms with E-state index in [1.807, 2.05) is 17.0 Å². The molecule has 2 aliphatic rings. The fourth-order valence-electron chi connectivity index (χ4n) is 4.78. The lowest BCUT2D eigenvalue weighted by Crippen LogP contribution is -2.36. The van der Waals surface area contributed by atoms with Crippen molar-refractivity contribution in [2.45, 2.75) is 82.8 Å². The van der Waals surface area contributed by atoms with Crippen LogP contribution in [0.3, 0.4) is 0 Å². The summed E-state index contributed by atoms with van der Waals surface area (Å²) in [4.78, 5) is 25.2. The number of benzene rings is 1. The molecule has 28 heavy (non-hydrogen) atoms. The van der Waals surface area contributed by atoms with Crippen LogP contribution in [-0.4, -0.2) is 45.7 Å². The third-order valence-corrected chi connectivity index (χ3v) is 6.52. The van der Waals surface area contributed by atoms with Gasteiger partial charge in [0.05, 0.1) is 11.7 Å². The molecule has 2 atom stereocenters. The van der Waals surface area contributed by atoms with Crippen molar-refractivity contribution in [3.05, 3.63) is 35.4 Å². The van der Waals surface area contributed by atoms with E-state index in [4.69, 9.17) is 5.11 Å². The number of carbonyl (C=O) groups excluding carboxylic acids is 1. The van der Waals surface area contributed by atoms with Crippen LogP contribution >= 0.6 is 0 Å². The predicted octanol–water partition coefficient (Wildman–Crippen LogP) is 4.03. The van der Waals surface area contributed by atoms with Gasteiger partial charge in [0.25, 0.3) is 0 Å². The molecule has 5 heteroatoms. The molecule has 1 amide bonds. The summed E-state index contributed by atoms with van der Waals surface area (Å²) in [5.74, 6) is -0.257. The average molecular weight is 388 g/mol. The minimum Gasteiger partial charge on any atom is -0.478 e. The molecule has 0 aromatic heterocycles. The second-order valence-corrected chi connectivity index (χ2v) is 8.43. The van der Waals surface area contributed by atoms with Crippen LogP contribution in [0.2, 0.25) is 0 Å². The summed E-state index contributed by atoms with van der Waals surface area (Å²) < 4.78 is 0. The SMILES string of the molecule is O=C(O)c1ccc(CCC[C@H]2CCC(=O)N2CC[C@H](O)C2CCCCC2)cc1. The van der Waals surface area contributed by atoms with E-state index >= 15 is 0 Å². The summed E-state index contributed by atoms with van der Waals surface area (Å²) in [5.41, 5.74) is 1.45. The Morgan fingerprint density at radius 1 is 1.11 bits per heavy atom. The Kier molecular flexibility index (Phi) is 7.49. The Morgan fingerprint density at radius 2 is 1.82 bits per heavy atom. The van der Waals surface area contributed by atoms with Crippen LogP contribution in [0.25, 0.3) is 0 Å². The molecule has 2 fully saturated rings. The van der Waals surface area contributed by atoms with E-state index in [9.17, 15) is 14.7 Å². The highest BCUT2D eigenvalue weighted by Gasteiger charge is 2.31. The van der Waals surface area contributed by atoms with Gasteiger partial charge >= 0.3 is 5.97 Å². The van der Waals surface area contributed by atoms with Crippen molar-refractivity contribution in [3.8, 4) is 0 Å². The van der Waals surface area contributed by atoms with E-state index in [2.05, 4.69) is 0 Å². The van der Waals surface area contributed by atoms with E-state index in [0.29, 0.717) is 30.9 Å². The molecule has 0 unspecified atom stereocenters. The fourth-order valence-corrected chi connectivity index (χ4v) is 4.78. The van der Waals surface area contributed by atoms with Crippen molar-refractivity contribution in [2.75, 3.05) is 6.54 Å². The third kappa shape index (κ3) is 5.57. The molecular weight excluding hydrogens is 354 g/mol. The van der Waals surface area contributed by atoms with Crippen molar-refractivity contribution in [1.82, 2.24) is 4.90 Å². The minimum atomic E-state index is -0.901. The highest BCUT2D eigenvalue weighted by molar-refractivity contribution is 5.87. The maximum atomic E-state index is 12.3. The van der Waals surface area contributed by atoms with Crippen molar-refractivity contribution >= 4 is 11.9 Å². The molecule has 0 spiro atoms. The zero-order chi connectivity index (χ0) is 19.9.